The van der Waals surface area contributed by atoms with Gasteiger partial charge in [0.05, 0.1) is 11.9 Å². The quantitative estimate of drug-likeness (QED) is 0.801. The molecule has 2 atom stereocenters. The first-order valence-corrected chi connectivity index (χ1v) is 7.26. The molecule has 3 rings (SSSR count). The molecule has 1 aromatic rings. The van der Waals surface area contributed by atoms with Crippen molar-refractivity contribution >= 4 is 23.3 Å². The molecule has 1 N–H and O–H groups in total. The fourth-order valence-electron chi connectivity index (χ4n) is 3.25. The number of rotatable bonds is 1. The van der Waals surface area contributed by atoms with Crippen LogP contribution < -0.4 is 5.32 Å². The van der Waals surface area contributed by atoms with E-state index in [9.17, 15) is 4.79 Å². The number of hydrogen-bond acceptors (Lipinski definition) is 2. The fourth-order valence-corrected chi connectivity index (χ4v) is 3.36. The Balaban J connectivity index is 1.62. The monoisotopic (exact) mass is 279 g/mol. The third-order valence-electron chi connectivity index (χ3n) is 4.11. The van der Waals surface area contributed by atoms with E-state index in [0.29, 0.717) is 22.7 Å². The van der Waals surface area contributed by atoms with Gasteiger partial charge < -0.3 is 10.2 Å². The van der Waals surface area contributed by atoms with Crippen LogP contribution in [0.2, 0.25) is 5.15 Å². The minimum absolute atomic E-state index is 0.0132. The van der Waals surface area contributed by atoms with Crippen LogP contribution in [0.1, 0.15) is 25.7 Å². The van der Waals surface area contributed by atoms with Crippen molar-refractivity contribution in [3.05, 3.63) is 23.5 Å². The number of aromatic nitrogens is 1. The molecule has 4 nitrogen and oxygen atoms in total. The number of fused-ring (bicyclic) bond motifs is 2. The molecule has 2 aliphatic rings. The predicted octanol–water partition coefficient (Wildman–Crippen LogP) is 3.39. The Hall–Kier alpha value is -1.29. The van der Waals surface area contributed by atoms with Crippen molar-refractivity contribution in [3.63, 3.8) is 0 Å². The van der Waals surface area contributed by atoms with Crippen LogP contribution in [0.4, 0.5) is 10.5 Å². The molecule has 102 valence electrons. The molecule has 1 aromatic heterocycles. The average Bonchev–Trinajstić information content (AvgIpc) is 2.41. The number of amides is 2. The van der Waals surface area contributed by atoms with Crippen molar-refractivity contribution in [1.82, 2.24) is 9.88 Å². The van der Waals surface area contributed by atoms with Gasteiger partial charge in [-0.3, -0.25) is 0 Å². The van der Waals surface area contributed by atoms with Crippen LogP contribution in [-0.4, -0.2) is 29.0 Å². The molecule has 2 unspecified atom stereocenters. The molecule has 1 aliphatic heterocycles. The molecule has 0 spiro atoms. The van der Waals surface area contributed by atoms with Gasteiger partial charge in [-0.2, -0.15) is 0 Å². The Morgan fingerprint density at radius 1 is 1.32 bits per heavy atom. The van der Waals surface area contributed by atoms with Gasteiger partial charge >= 0.3 is 6.03 Å². The molecule has 2 bridgehead atoms. The maximum atomic E-state index is 12.2. The maximum Gasteiger partial charge on any atom is 0.321 e. The molecule has 5 heteroatoms. The highest BCUT2D eigenvalue weighted by Gasteiger charge is 2.32. The van der Waals surface area contributed by atoms with E-state index >= 15 is 0 Å². The van der Waals surface area contributed by atoms with Crippen LogP contribution in [0.3, 0.4) is 0 Å². The molecule has 19 heavy (non-hydrogen) atoms. The second-order valence-corrected chi connectivity index (χ2v) is 5.99. The minimum atomic E-state index is -0.0132. The topological polar surface area (TPSA) is 45.2 Å². The number of pyridine rings is 1. The van der Waals surface area contributed by atoms with Gasteiger partial charge in [0.1, 0.15) is 5.15 Å². The van der Waals surface area contributed by atoms with E-state index in [4.69, 9.17) is 11.6 Å². The lowest BCUT2D eigenvalue weighted by Gasteiger charge is -2.41. The summed E-state index contributed by atoms with van der Waals surface area (Å²) in [4.78, 5) is 18.2. The van der Waals surface area contributed by atoms with Crippen LogP contribution in [0, 0.1) is 11.8 Å². The number of piperidine rings is 1. The first-order chi connectivity index (χ1) is 9.20. The number of nitrogens with zero attached hydrogens (tertiary/aromatic N) is 2. The number of carbonyl (C=O) groups excluding carboxylic acids is 1. The Kier molecular flexibility index (Phi) is 3.60. The van der Waals surface area contributed by atoms with E-state index in [1.165, 1.54) is 25.7 Å². The standard InChI is InChI=1S/C14H18ClN3O/c15-13-5-4-12(7-16-13)17-14(19)18-8-10-2-1-3-11(6-10)9-18/h4-5,7,10-11H,1-3,6,8-9H2,(H,17,19). The fraction of sp³-hybridized carbons (Fsp3) is 0.571. The predicted molar refractivity (Wildman–Crippen MR) is 75.3 cm³/mol. The summed E-state index contributed by atoms with van der Waals surface area (Å²) in [7, 11) is 0. The normalized spacial score (nSPS) is 26.1. The lowest BCUT2D eigenvalue weighted by atomic mass is 9.78. The second-order valence-electron chi connectivity index (χ2n) is 5.60. The second kappa shape index (κ2) is 5.37. The average molecular weight is 280 g/mol. The van der Waals surface area contributed by atoms with Gasteiger partial charge in [-0.25, -0.2) is 9.78 Å². The summed E-state index contributed by atoms with van der Waals surface area (Å²) in [5, 5.41) is 3.33. The Morgan fingerprint density at radius 2 is 2.05 bits per heavy atom. The van der Waals surface area contributed by atoms with E-state index < -0.39 is 0 Å². The SMILES string of the molecule is O=C(Nc1ccc(Cl)nc1)N1CC2CCCC(C2)C1. The molecule has 0 radical (unpaired) electrons. The summed E-state index contributed by atoms with van der Waals surface area (Å²) in [5.41, 5.74) is 0.699. The number of anilines is 1. The van der Waals surface area contributed by atoms with Crippen molar-refractivity contribution in [2.45, 2.75) is 25.7 Å². The Labute approximate surface area is 118 Å². The van der Waals surface area contributed by atoms with Crippen LogP contribution >= 0.6 is 11.6 Å². The third kappa shape index (κ3) is 3.00. The molecule has 2 heterocycles. The zero-order chi connectivity index (χ0) is 13.2. The van der Waals surface area contributed by atoms with Gasteiger partial charge in [0.2, 0.25) is 0 Å². The molecule has 2 fully saturated rings. The molecule has 1 aliphatic carbocycles. The highest BCUT2D eigenvalue weighted by molar-refractivity contribution is 6.29. The summed E-state index contributed by atoms with van der Waals surface area (Å²) in [6, 6.07) is 3.45. The van der Waals surface area contributed by atoms with Crippen LogP contribution in [0.25, 0.3) is 0 Å². The number of halogens is 1. The van der Waals surface area contributed by atoms with Gasteiger partial charge in [0, 0.05) is 13.1 Å². The third-order valence-corrected chi connectivity index (χ3v) is 4.34. The summed E-state index contributed by atoms with van der Waals surface area (Å²) in [6.07, 6.45) is 6.74. The lowest BCUT2D eigenvalue weighted by molar-refractivity contribution is 0.110. The van der Waals surface area contributed by atoms with Gasteiger partial charge in [-0.05, 0) is 43.2 Å². The van der Waals surface area contributed by atoms with Crippen LogP contribution in [-0.2, 0) is 0 Å². The Bertz CT molecular complexity index is 450. The van der Waals surface area contributed by atoms with Gasteiger partial charge in [-0.1, -0.05) is 18.0 Å². The summed E-state index contributed by atoms with van der Waals surface area (Å²) in [5.74, 6) is 1.39. The van der Waals surface area contributed by atoms with E-state index in [-0.39, 0.29) is 6.03 Å². The number of hydrogen-bond donors (Lipinski definition) is 1. The highest BCUT2D eigenvalue weighted by Crippen LogP contribution is 2.34. The van der Waals surface area contributed by atoms with Crippen molar-refractivity contribution in [2.24, 2.45) is 11.8 Å². The minimum Gasteiger partial charge on any atom is -0.324 e. The molecular formula is C14H18ClN3O. The number of carbonyl (C=O) groups is 1. The molecule has 1 saturated heterocycles. The molecule has 1 saturated carbocycles. The lowest BCUT2D eigenvalue weighted by Crippen LogP contribution is -2.47. The summed E-state index contributed by atoms with van der Waals surface area (Å²) < 4.78 is 0. The molecular weight excluding hydrogens is 262 g/mol. The van der Waals surface area contributed by atoms with Crippen molar-refractivity contribution in [1.29, 1.82) is 0 Å². The van der Waals surface area contributed by atoms with Gasteiger partial charge in [0.25, 0.3) is 0 Å². The molecule has 0 aromatic carbocycles. The van der Waals surface area contributed by atoms with E-state index in [1.807, 2.05) is 4.90 Å². The number of likely N-dealkylation sites (tertiary alicyclic amines) is 1. The highest BCUT2D eigenvalue weighted by atomic mass is 35.5. The maximum absolute atomic E-state index is 12.2. The van der Waals surface area contributed by atoms with E-state index in [1.54, 1.807) is 18.3 Å². The molecule has 2 amide bonds. The largest absolute Gasteiger partial charge is 0.324 e. The van der Waals surface area contributed by atoms with Crippen molar-refractivity contribution in [2.75, 3.05) is 18.4 Å². The van der Waals surface area contributed by atoms with Crippen LogP contribution in [0.15, 0.2) is 18.3 Å². The first-order valence-electron chi connectivity index (χ1n) is 6.88. The van der Waals surface area contributed by atoms with E-state index in [2.05, 4.69) is 10.3 Å². The van der Waals surface area contributed by atoms with E-state index in [0.717, 1.165) is 13.1 Å². The van der Waals surface area contributed by atoms with Crippen molar-refractivity contribution < 1.29 is 4.79 Å². The zero-order valence-electron chi connectivity index (χ0n) is 10.8. The zero-order valence-corrected chi connectivity index (χ0v) is 11.6. The van der Waals surface area contributed by atoms with Gasteiger partial charge in [0.15, 0.2) is 0 Å². The Morgan fingerprint density at radius 3 is 2.68 bits per heavy atom. The smallest absolute Gasteiger partial charge is 0.321 e. The van der Waals surface area contributed by atoms with Crippen LogP contribution in [0.5, 0.6) is 0 Å². The number of urea groups is 1. The van der Waals surface area contributed by atoms with Gasteiger partial charge in [-0.15, -0.1) is 0 Å². The first kappa shape index (κ1) is 12.7. The summed E-state index contributed by atoms with van der Waals surface area (Å²) >= 11 is 5.73. The summed E-state index contributed by atoms with van der Waals surface area (Å²) in [6.45, 7) is 1.78. The van der Waals surface area contributed by atoms with Crippen molar-refractivity contribution in [3.8, 4) is 0 Å². The number of nitrogens with one attached hydrogen (secondary N) is 1.